The number of halogens is 1. The summed E-state index contributed by atoms with van der Waals surface area (Å²) >= 11 is 0. The molecule has 0 aliphatic carbocycles. The molecule has 1 unspecified atom stereocenters. The molecule has 1 fully saturated rings. The summed E-state index contributed by atoms with van der Waals surface area (Å²) < 4.78 is 36.5. The van der Waals surface area contributed by atoms with Crippen LogP contribution in [0.5, 0.6) is 0 Å². The first kappa shape index (κ1) is 17.1. The summed E-state index contributed by atoms with van der Waals surface area (Å²) in [7, 11) is -4.89. The van der Waals surface area contributed by atoms with E-state index in [0.29, 0.717) is 0 Å². The van der Waals surface area contributed by atoms with Gasteiger partial charge in [-0.3, -0.25) is 9.09 Å². The number of aromatic nitrogens is 4. The van der Waals surface area contributed by atoms with Crippen molar-refractivity contribution in [3.63, 3.8) is 0 Å². The van der Waals surface area contributed by atoms with E-state index in [2.05, 4.69) is 24.2 Å². The molecule has 14 heteroatoms. The molecule has 0 radical (unpaired) electrons. The minimum atomic E-state index is -4.89. The molecule has 0 aromatic carbocycles. The Kier molecular flexibility index (Phi) is 4.48. The first-order chi connectivity index (χ1) is 11.3. The Labute approximate surface area is 133 Å². The van der Waals surface area contributed by atoms with Crippen LogP contribution in [0.4, 0.5) is 10.3 Å². The van der Waals surface area contributed by atoms with Gasteiger partial charge in [-0.25, -0.2) is 19.5 Å². The lowest BCUT2D eigenvalue weighted by Crippen LogP contribution is -2.33. The van der Waals surface area contributed by atoms with Crippen molar-refractivity contribution in [3.8, 4) is 0 Å². The molecule has 0 saturated carbocycles. The monoisotopic (exact) mass is 365 g/mol. The Morgan fingerprint density at radius 2 is 2.12 bits per heavy atom. The zero-order valence-electron chi connectivity index (χ0n) is 11.8. The van der Waals surface area contributed by atoms with Crippen molar-refractivity contribution in [3.05, 3.63) is 12.7 Å². The predicted molar refractivity (Wildman–Crippen MR) is 73.6 cm³/mol. The van der Waals surface area contributed by atoms with Gasteiger partial charge in [0.1, 0.15) is 30.2 Å². The van der Waals surface area contributed by atoms with Gasteiger partial charge in [0.05, 0.1) is 12.9 Å². The fourth-order valence-corrected chi connectivity index (χ4v) is 2.72. The highest BCUT2D eigenvalue weighted by molar-refractivity contribution is 7.47. The molecule has 132 valence electrons. The smallest absolute Gasteiger partial charge is 0.387 e. The maximum atomic E-state index is 11.8. The van der Waals surface area contributed by atoms with Crippen molar-refractivity contribution in [1.82, 2.24) is 19.5 Å². The van der Waals surface area contributed by atoms with Crippen molar-refractivity contribution >= 4 is 24.8 Å². The molecule has 1 aliphatic heterocycles. The molecular weight excluding hydrogens is 352 g/mol. The zero-order valence-corrected chi connectivity index (χ0v) is 12.7. The third-order valence-electron chi connectivity index (χ3n) is 3.49. The Morgan fingerprint density at radius 1 is 1.38 bits per heavy atom. The van der Waals surface area contributed by atoms with E-state index in [9.17, 15) is 19.3 Å². The number of nitrogen functional groups attached to an aromatic ring is 1. The Bertz CT molecular complexity index is 790. The Hall–Kier alpha value is -1.73. The fourth-order valence-electron chi connectivity index (χ4n) is 2.34. The predicted octanol–water partition coefficient (Wildman–Crippen LogP) is -0.954. The number of phosphoric ester groups is 1. The van der Waals surface area contributed by atoms with Gasteiger partial charge in [-0.05, 0) is 4.53 Å². The average molecular weight is 365 g/mol. The summed E-state index contributed by atoms with van der Waals surface area (Å²) in [5.74, 6) is 0.119. The second kappa shape index (κ2) is 6.29. The van der Waals surface area contributed by atoms with Crippen LogP contribution in [0.2, 0.25) is 0 Å². The van der Waals surface area contributed by atoms with Gasteiger partial charge < -0.3 is 25.6 Å². The van der Waals surface area contributed by atoms with Crippen LogP contribution in [-0.4, -0.2) is 59.5 Å². The SMILES string of the molecule is Nc1ncnc2c1ncn2[C@@H]1O[C@H](COP(=O)(O)OF)[C@@H](O)[C@@H]1O. The van der Waals surface area contributed by atoms with E-state index in [0.717, 1.165) is 0 Å². The summed E-state index contributed by atoms with van der Waals surface area (Å²) in [6, 6.07) is 0. The Morgan fingerprint density at radius 3 is 2.83 bits per heavy atom. The highest BCUT2D eigenvalue weighted by Gasteiger charge is 2.45. The number of fused-ring (bicyclic) bond motifs is 1. The van der Waals surface area contributed by atoms with E-state index < -0.39 is 39.0 Å². The van der Waals surface area contributed by atoms with E-state index in [-0.39, 0.29) is 17.0 Å². The van der Waals surface area contributed by atoms with Crippen LogP contribution in [0.1, 0.15) is 6.23 Å². The van der Waals surface area contributed by atoms with Crippen LogP contribution in [0.25, 0.3) is 11.2 Å². The molecule has 5 atom stereocenters. The second-order valence-electron chi connectivity index (χ2n) is 4.96. The number of nitrogens with zero attached hydrogens (tertiary/aromatic N) is 4. The number of anilines is 1. The number of aliphatic hydroxyl groups is 2. The number of ether oxygens (including phenoxy) is 1. The summed E-state index contributed by atoms with van der Waals surface area (Å²) in [6.07, 6.45) is -2.80. The van der Waals surface area contributed by atoms with Crippen molar-refractivity contribution in [2.75, 3.05) is 12.3 Å². The third-order valence-corrected chi connectivity index (χ3v) is 4.14. The molecule has 12 nitrogen and oxygen atoms in total. The number of aliphatic hydroxyl groups excluding tert-OH is 2. The molecule has 1 aliphatic rings. The van der Waals surface area contributed by atoms with Gasteiger partial charge in [-0.15, -0.1) is 0 Å². The summed E-state index contributed by atoms with van der Waals surface area (Å²) in [6.45, 7) is -0.698. The molecule has 2 aromatic rings. The van der Waals surface area contributed by atoms with Gasteiger partial charge in [-0.2, -0.15) is 0 Å². The average Bonchev–Trinajstić information content (AvgIpc) is 3.10. The van der Waals surface area contributed by atoms with Crippen LogP contribution in [0.3, 0.4) is 0 Å². The van der Waals surface area contributed by atoms with Gasteiger partial charge in [0.25, 0.3) is 0 Å². The number of phosphoric acid groups is 1. The van der Waals surface area contributed by atoms with Gasteiger partial charge in [0, 0.05) is 0 Å². The maximum Gasteiger partial charge on any atom is 0.503 e. The van der Waals surface area contributed by atoms with Gasteiger partial charge in [-0.1, -0.05) is 4.73 Å². The molecule has 5 N–H and O–H groups in total. The molecule has 3 heterocycles. The number of rotatable bonds is 5. The van der Waals surface area contributed by atoms with Crippen molar-refractivity contribution < 1.29 is 38.2 Å². The Balaban J connectivity index is 1.82. The van der Waals surface area contributed by atoms with E-state index >= 15 is 0 Å². The molecule has 0 bridgehead atoms. The highest BCUT2D eigenvalue weighted by atomic mass is 31.2. The topological polar surface area (TPSA) is 175 Å². The lowest BCUT2D eigenvalue weighted by Gasteiger charge is -2.16. The number of hydrogen-bond donors (Lipinski definition) is 4. The van der Waals surface area contributed by atoms with Gasteiger partial charge in [0.15, 0.2) is 17.7 Å². The van der Waals surface area contributed by atoms with Crippen LogP contribution in [0, 0.1) is 0 Å². The van der Waals surface area contributed by atoms with Gasteiger partial charge in [0.2, 0.25) is 0 Å². The van der Waals surface area contributed by atoms with Gasteiger partial charge >= 0.3 is 7.82 Å². The van der Waals surface area contributed by atoms with Crippen LogP contribution < -0.4 is 5.73 Å². The molecule has 2 aromatic heterocycles. The fraction of sp³-hybridized carbons (Fsp3) is 0.500. The zero-order chi connectivity index (χ0) is 17.5. The normalized spacial score (nSPS) is 29.8. The minimum absolute atomic E-state index is 0.119. The first-order valence-electron chi connectivity index (χ1n) is 6.56. The van der Waals surface area contributed by atoms with E-state index in [1.54, 1.807) is 0 Å². The van der Waals surface area contributed by atoms with E-state index in [1.165, 1.54) is 17.2 Å². The van der Waals surface area contributed by atoms with Crippen molar-refractivity contribution in [2.45, 2.75) is 24.5 Å². The third kappa shape index (κ3) is 2.98. The number of hydrogen-bond acceptors (Lipinski definition) is 10. The number of imidazole rings is 1. The molecule has 24 heavy (non-hydrogen) atoms. The molecule has 0 amide bonds. The summed E-state index contributed by atoms with van der Waals surface area (Å²) in [5, 5.41) is 20.1. The van der Waals surface area contributed by atoms with E-state index in [4.69, 9.17) is 15.4 Å². The largest absolute Gasteiger partial charge is 0.503 e. The molecule has 3 rings (SSSR count). The van der Waals surface area contributed by atoms with Crippen LogP contribution in [-0.2, 0) is 18.6 Å². The first-order valence-corrected chi connectivity index (χ1v) is 8.06. The molecular formula is C10H13FN5O7P. The lowest BCUT2D eigenvalue weighted by molar-refractivity contribution is -0.0746. The van der Waals surface area contributed by atoms with Crippen LogP contribution in [0.15, 0.2) is 12.7 Å². The lowest BCUT2D eigenvalue weighted by atomic mass is 10.1. The standard InChI is InChI=1S/C10H13FN5O7P/c11-23-24(19,20)21-1-4-6(17)7(18)10(22-4)16-3-15-5-8(12)13-2-14-9(5)16/h2-4,6-7,10,17-18H,1H2,(H,19,20)(H2,12,13,14)/t4-,6-,7+,10-/m1/s1. The number of nitrogens with two attached hydrogens (primary N) is 1. The van der Waals surface area contributed by atoms with Crippen molar-refractivity contribution in [2.24, 2.45) is 0 Å². The minimum Gasteiger partial charge on any atom is -0.387 e. The quantitative estimate of drug-likeness (QED) is 0.480. The second-order valence-corrected chi connectivity index (χ2v) is 6.30. The van der Waals surface area contributed by atoms with Crippen LogP contribution >= 0.6 is 7.82 Å². The maximum absolute atomic E-state index is 11.8. The highest BCUT2D eigenvalue weighted by Crippen LogP contribution is 2.44. The van der Waals surface area contributed by atoms with Crippen molar-refractivity contribution in [1.29, 1.82) is 0 Å². The summed E-state index contributed by atoms with van der Waals surface area (Å²) in [5.41, 5.74) is 6.18. The molecule has 0 spiro atoms. The van der Waals surface area contributed by atoms with E-state index in [1.807, 2.05) is 0 Å². The molecule has 1 saturated heterocycles. The summed E-state index contributed by atoms with van der Waals surface area (Å²) in [4.78, 5) is 20.6.